The number of thiazole rings is 1. The Balaban J connectivity index is 1.45. The second-order valence-electron chi connectivity index (χ2n) is 5.15. The molecule has 0 saturated carbocycles. The van der Waals surface area contributed by atoms with Crippen LogP contribution in [0.1, 0.15) is 22.2 Å². The minimum absolute atomic E-state index is 0.125. The van der Waals surface area contributed by atoms with Gasteiger partial charge in [-0.1, -0.05) is 41.6 Å². The largest absolute Gasteiger partial charge is 0.416 e. The summed E-state index contributed by atoms with van der Waals surface area (Å²) in [5.74, 6) is 0.561. The topological polar surface area (TPSA) is 80.9 Å². The number of amides is 1. The first-order chi connectivity index (χ1) is 12.1. The van der Waals surface area contributed by atoms with Gasteiger partial charge in [0.2, 0.25) is 11.8 Å². The van der Waals surface area contributed by atoms with Crippen LogP contribution in [0.15, 0.2) is 39.3 Å². The minimum atomic E-state index is -0.125. The molecule has 0 spiro atoms. The summed E-state index contributed by atoms with van der Waals surface area (Å²) in [7, 11) is 0. The molecule has 0 fully saturated rings. The van der Waals surface area contributed by atoms with Crippen LogP contribution in [0.4, 0.5) is 0 Å². The summed E-state index contributed by atoms with van der Waals surface area (Å²) in [5, 5.41) is 14.7. The number of halogens is 1. The molecule has 3 aromatic rings. The zero-order chi connectivity index (χ0) is 17.6. The van der Waals surface area contributed by atoms with Crippen molar-refractivity contribution in [2.24, 2.45) is 0 Å². The van der Waals surface area contributed by atoms with Crippen molar-refractivity contribution in [3.63, 3.8) is 0 Å². The maximum atomic E-state index is 11.9. The van der Waals surface area contributed by atoms with Gasteiger partial charge >= 0.3 is 0 Å². The number of aryl methyl sites for hydroxylation is 1. The molecule has 9 heteroatoms. The van der Waals surface area contributed by atoms with E-state index in [9.17, 15) is 4.79 Å². The van der Waals surface area contributed by atoms with Crippen molar-refractivity contribution in [1.82, 2.24) is 20.5 Å². The molecule has 0 radical (unpaired) electrons. The summed E-state index contributed by atoms with van der Waals surface area (Å²) in [6.45, 7) is 2.34. The smallest absolute Gasteiger partial charge is 0.277 e. The highest BCUT2D eigenvalue weighted by molar-refractivity contribution is 7.99. The van der Waals surface area contributed by atoms with Gasteiger partial charge in [-0.3, -0.25) is 4.79 Å². The van der Waals surface area contributed by atoms with E-state index in [1.807, 2.05) is 30.5 Å². The molecule has 2 heterocycles. The fourth-order valence-electron chi connectivity index (χ4n) is 2.03. The average Bonchev–Trinajstić information content (AvgIpc) is 3.21. The van der Waals surface area contributed by atoms with E-state index < -0.39 is 0 Å². The molecule has 0 aliphatic rings. The van der Waals surface area contributed by atoms with Gasteiger partial charge in [-0.05, 0) is 18.6 Å². The van der Waals surface area contributed by atoms with Gasteiger partial charge in [0.25, 0.3) is 5.22 Å². The van der Waals surface area contributed by atoms with Crippen molar-refractivity contribution in [2.75, 3.05) is 5.75 Å². The minimum Gasteiger partial charge on any atom is -0.416 e. The predicted octanol–water partition coefficient (Wildman–Crippen LogP) is 3.49. The summed E-state index contributed by atoms with van der Waals surface area (Å²) < 4.78 is 5.53. The van der Waals surface area contributed by atoms with E-state index in [0.29, 0.717) is 29.1 Å². The van der Waals surface area contributed by atoms with Crippen LogP contribution in [0, 0.1) is 6.92 Å². The van der Waals surface area contributed by atoms with E-state index in [1.165, 1.54) is 11.8 Å². The van der Waals surface area contributed by atoms with Gasteiger partial charge in [0.1, 0.15) is 0 Å². The third-order valence-electron chi connectivity index (χ3n) is 3.21. The lowest BCUT2D eigenvalue weighted by Gasteiger charge is -2.05. The number of nitrogens with one attached hydrogen (secondary N) is 1. The normalized spacial score (nSPS) is 10.8. The van der Waals surface area contributed by atoms with Gasteiger partial charge in [0, 0.05) is 16.9 Å². The first-order valence-electron chi connectivity index (χ1n) is 7.46. The van der Waals surface area contributed by atoms with E-state index in [0.717, 1.165) is 16.3 Å². The molecule has 3 rings (SSSR count). The fraction of sp³-hybridized carbons (Fsp3) is 0.250. The zero-order valence-electron chi connectivity index (χ0n) is 13.4. The number of carbonyl (C=O) groups excluding carboxylic acids is 1. The molecular formula is C16H15ClN4O2S2. The van der Waals surface area contributed by atoms with Crippen LogP contribution < -0.4 is 5.32 Å². The number of carbonyl (C=O) groups is 1. The van der Waals surface area contributed by atoms with E-state index in [-0.39, 0.29) is 11.7 Å². The zero-order valence-corrected chi connectivity index (χ0v) is 15.7. The van der Waals surface area contributed by atoms with Crippen molar-refractivity contribution in [3.8, 4) is 0 Å². The summed E-state index contributed by atoms with van der Waals surface area (Å²) in [6, 6.07) is 7.40. The lowest BCUT2D eigenvalue weighted by molar-refractivity contribution is -0.118. The van der Waals surface area contributed by atoms with Crippen LogP contribution in [0.5, 0.6) is 0 Å². The first-order valence-corrected chi connectivity index (χ1v) is 9.71. The van der Waals surface area contributed by atoms with Crippen molar-refractivity contribution < 1.29 is 9.21 Å². The molecule has 0 saturated heterocycles. The Labute approximate surface area is 158 Å². The highest BCUT2D eigenvalue weighted by Crippen LogP contribution is 2.19. The van der Waals surface area contributed by atoms with Crippen LogP contribution in [-0.4, -0.2) is 26.8 Å². The Kier molecular flexibility index (Phi) is 6.06. The lowest BCUT2D eigenvalue weighted by atomic mass is 10.2. The third kappa shape index (κ3) is 5.29. The average molecular weight is 395 g/mol. The molecule has 1 N–H and O–H groups in total. The highest BCUT2D eigenvalue weighted by atomic mass is 35.5. The molecule has 6 nitrogen and oxygen atoms in total. The predicted molar refractivity (Wildman–Crippen MR) is 98.0 cm³/mol. The number of thioether (sulfide) groups is 1. The maximum Gasteiger partial charge on any atom is 0.277 e. The van der Waals surface area contributed by atoms with Crippen LogP contribution in [0.25, 0.3) is 0 Å². The number of aromatic nitrogens is 3. The Morgan fingerprint density at radius 2 is 2.20 bits per heavy atom. The fourth-order valence-corrected chi connectivity index (χ4v) is 3.45. The summed E-state index contributed by atoms with van der Waals surface area (Å²) in [6.07, 6.45) is 0.497. The molecule has 0 atom stereocenters. The van der Waals surface area contributed by atoms with E-state index in [2.05, 4.69) is 20.5 Å². The van der Waals surface area contributed by atoms with Gasteiger partial charge in [0.05, 0.1) is 22.9 Å². The van der Waals surface area contributed by atoms with Gasteiger partial charge in [-0.15, -0.1) is 21.5 Å². The van der Waals surface area contributed by atoms with Crippen LogP contribution in [0.3, 0.4) is 0 Å². The van der Waals surface area contributed by atoms with Crippen LogP contribution >= 0.6 is 34.7 Å². The quantitative estimate of drug-likeness (QED) is 0.618. The van der Waals surface area contributed by atoms with Gasteiger partial charge in [0.15, 0.2) is 0 Å². The second kappa shape index (κ2) is 8.46. The molecule has 0 unspecified atom stereocenters. The molecule has 2 aromatic heterocycles. The molecule has 25 heavy (non-hydrogen) atoms. The van der Waals surface area contributed by atoms with Crippen molar-refractivity contribution in [3.05, 3.63) is 56.8 Å². The summed E-state index contributed by atoms with van der Waals surface area (Å²) >= 11 is 8.84. The number of benzene rings is 1. The number of nitrogens with zero attached hydrogens (tertiary/aromatic N) is 3. The van der Waals surface area contributed by atoms with E-state index in [4.69, 9.17) is 16.0 Å². The second-order valence-corrected chi connectivity index (χ2v) is 7.55. The van der Waals surface area contributed by atoms with Crippen LogP contribution in [-0.2, 0) is 17.8 Å². The highest BCUT2D eigenvalue weighted by Gasteiger charge is 2.11. The number of rotatable bonds is 7. The standard InChI is InChI=1S/C16H15ClN4O2S2/c1-10-19-12(8-24-10)6-15-20-21-16(23-15)25-9-14(22)18-7-11-4-2-3-5-13(11)17/h2-5,8H,6-7,9H2,1H3,(H,18,22). The Morgan fingerprint density at radius 1 is 1.36 bits per heavy atom. The molecular weight excluding hydrogens is 380 g/mol. The number of hydrogen-bond donors (Lipinski definition) is 1. The SMILES string of the molecule is Cc1nc(Cc2nnc(SCC(=O)NCc3ccccc3Cl)o2)cs1. The maximum absolute atomic E-state index is 11.9. The summed E-state index contributed by atoms with van der Waals surface area (Å²) in [5.41, 5.74) is 1.78. The Bertz CT molecular complexity index is 865. The molecule has 1 aromatic carbocycles. The third-order valence-corrected chi connectivity index (χ3v) is 5.22. The van der Waals surface area contributed by atoms with E-state index >= 15 is 0 Å². The van der Waals surface area contributed by atoms with Crippen molar-refractivity contribution in [1.29, 1.82) is 0 Å². The lowest BCUT2D eigenvalue weighted by Crippen LogP contribution is -2.24. The molecule has 130 valence electrons. The first kappa shape index (κ1) is 17.9. The molecule has 0 bridgehead atoms. The Morgan fingerprint density at radius 3 is 2.96 bits per heavy atom. The van der Waals surface area contributed by atoms with Gasteiger partial charge in [-0.2, -0.15) is 0 Å². The van der Waals surface area contributed by atoms with E-state index in [1.54, 1.807) is 17.4 Å². The van der Waals surface area contributed by atoms with Crippen LogP contribution in [0.2, 0.25) is 5.02 Å². The Hall–Kier alpha value is -1.90. The molecule has 0 aliphatic carbocycles. The van der Waals surface area contributed by atoms with Crippen molar-refractivity contribution in [2.45, 2.75) is 25.1 Å². The molecule has 1 amide bonds. The summed E-state index contributed by atoms with van der Waals surface area (Å²) in [4.78, 5) is 16.3. The number of hydrogen-bond acceptors (Lipinski definition) is 7. The van der Waals surface area contributed by atoms with Gasteiger partial charge in [-0.25, -0.2) is 4.98 Å². The molecule has 0 aliphatic heterocycles. The van der Waals surface area contributed by atoms with Crippen molar-refractivity contribution >= 4 is 40.6 Å². The monoisotopic (exact) mass is 394 g/mol. The van der Waals surface area contributed by atoms with Gasteiger partial charge < -0.3 is 9.73 Å².